The van der Waals surface area contributed by atoms with Crippen molar-refractivity contribution >= 4 is 28.7 Å². The maximum absolute atomic E-state index is 9.61. The lowest BCUT2D eigenvalue weighted by molar-refractivity contribution is 0.340. The van der Waals surface area contributed by atoms with Gasteiger partial charge in [0.15, 0.2) is 11.5 Å². The van der Waals surface area contributed by atoms with Crippen LogP contribution in [0.2, 0.25) is 0 Å². The van der Waals surface area contributed by atoms with Gasteiger partial charge in [0.2, 0.25) is 5.75 Å². The minimum atomic E-state index is 0.0283. The topological polar surface area (TPSA) is 38.7 Å². The van der Waals surface area contributed by atoms with Gasteiger partial charge in [-0.3, -0.25) is 0 Å². The van der Waals surface area contributed by atoms with Gasteiger partial charge in [0, 0.05) is 0 Å². The Kier molecular flexibility index (Phi) is 4.06. The maximum Gasteiger partial charge on any atom is 0.200 e. The monoisotopic (exact) mass is 306 g/mol. The summed E-state index contributed by atoms with van der Waals surface area (Å²) in [5.41, 5.74) is 0.922. The molecular formula is C10H11IO3. The second-order valence-corrected chi connectivity index (χ2v) is 3.29. The van der Waals surface area contributed by atoms with Crippen LogP contribution in [0, 0.1) is 0 Å². The highest BCUT2D eigenvalue weighted by Gasteiger charge is 2.09. The van der Waals surface area contributed by atoms with Crippen molar-refractivity contribution in [1.29, 1.82) is 0 Å². The molecule has 1 aromatic carbocycles. The van der Waals surface area contributed by atoms with Gasteiger partial charge in [0.25, 0.3) is 0 Å². The summed E-state index contributed by atoms with van der Waals surface area (Å²) in [5, 5.41) is 9.61. The molecule has 0 radical (unpaired) electrons. The Hall–Kier alpha value is -0.910. The van der Waals surface area contributed by atoms with Crippen LogP contribution in [0.5, 0.6) is 17.2 Å². The van der Waals surface area contributed by atoms with Gasteiger partial charge in [-0.2, -0.15) is 0 Å². The first-order valence-corrected chi connectivity index (χ1v) is 5.19. The molecule has 0 heterocycles. The quantitative estimate of drug-likeness (QED) is 0.873. The van der Waals surface area contributed by atoms with E-state index in [1.54, 1.807) is 12.1 Å². The predicted octanol–water partition coefficient (Wildman–Crippen LogP) is 2.82. The molecule has 0 bridgehead atoms. The summed E-state index contributed by atoms with van der Waals surface area (Å²) in [5.74, 6) is 0.850. The van der Waals surface area contributed by atoms with E-state index in [2.05, 4.69) is 22.6 Å². The average Bonchev–Trinajstić information content (AvgIpc) is 2.20. The first-order valence-electron chi connectivity index (χ1n) is 3.94. The molecule has 0 aliphatic carbocycles. The fraction of sp³-hybridized carbons (Fsp3) is 0.200. The number of benzene rings is 1. The van der Waals surface area contributed by atoms with Crippen LogP contribution in [0.25, 0.3) is 6.08 Å². The Bertz CT molecular complexity index is 322. The lowest BCUT2D eigenvalue weighted by atomic mass is 10.2. The van der Waals surface area contributed by atoms with E-state index in [1.807, 2.05) is 10.2 Å². The minimum Gasteiger partial charge on any atom is -0.502 e. The first kappa shape index (κ1) is 11.2. The van der Waals surface area contributed by atoms with Crippen LogP contribution in [0.1, 0.15) is 5.56 Å². The van der Waals surface area contributed by atoms with Crippen LogP contribution in [0.15, 0.2) is 16.2 Å². The second-order valence-electron chi connectivity index (χ2n) is 2.57. The van der Waals surface area contributed by atoms with Crippen LogP contribution >= 0.6 is 22.6 Å². The van der Waals surface area contributed by atoms with E-state index in [1.165, 1.54) is 14.2 Å². The smallest absolute Gasteiger partial charge is 0.200 e. The maximum atomic E-state index is 9.61. The van der Waals surface area contributed by atoms with Crippen molar-refractivity contribution in [1.82, 2.24) is 0 Å². The zero-order chi connectivity index (χ0) is 10.6. The molecule has 0 atom stereocenters. The standard InChI is InChI=1S/C10H11IO3/c1-13-8-5-7(3-4-11)6-9(14-2)10(8)12/h3-6,12H,1-2H3/b4-3+. The Morgan fingerprint density at radius 3 is 2.07 bits per heavy atom. The number of ether oxygens (including phenoxy) is 2. The average molecular weight is 306 g/mol. The molecule has 0 aromatic heterocycles. The Labute approximate surface area is 96.5 Å². The van der Waals surface area contributed by atoms with Crippen molar-refractivity contribution in [2.75, 3.05) is 14.2 Å². The van der Waals surface area contributed by atoms with Crippen molar-refractivity contribution in [2.45, 2.75) is 0 Å². The number of phenols is 1. The van der Waals surface area contributed by atoms with Crippen molar-refractivity contribution in [3.8, 4) is 17.2 Å². The van der Waals surface area contributed by atoms with Crippen molar-refractivity contribution in [3.05, 3.63) is 21.8 Å². The molecule has 0 unspecified atom stereocenters. The number of halogens is 1. The van der Waals surface area contributed by atoms with Gasteiger partial charge in [-0.25, -0.2) is 0 Å². The summed E-state index contributed by atoms with van der Waals surface area (Å²) in [6.45, 7) is 0. The van der Waals surface area contributed by atoms with Gasteiger partial charge in [-0.15, -0.1) is 0 Å². The molecule has 0 aliphatic rings. The third-order valence-electron chi connectivity index (χ3n) is 1.76. The van der Waals surface area contributed by atoms with E-state index >= 15 is 0 Å². The molecule has 0 aliphatic heterocycles. The minimum absolute atomic E-state index is 0.0283. The molecule has 0 amide bonds. The first-order chi connectivity index (χ1) is 6.72. The molecule has 1 rings (SSSR count). The van der Waals surface area contributed by atoms with Crippen LogP contribution in [0.3, 0.4) is 0 Å². The summed E-state index contributed by atoms with van der Waals surface area (Å²) in [4.78, 5) is 0. The highest BCUT2D eigenvalue weighted by atomic mass is 127. The molecule has 0 spiro atoms. The van der Waals surface area contributed by atoms with Crippen molar-refractivity contribution in [3.63, 3.8) is 0 Å². The van der Waals surface area contributed by atoms with Gasteiger partial charge < -0.3 is 14.6 Å². The van der Waals surface area contributed by atoms with E-state index in [9.17, 15) is 5.11 Å². The summed E-state index contributed by atoms with van der Waals surface area (Å²) in [6.07, 6.45) is 1.89. The molecule has 1 aromatic rings. The lowest BCUT2D eigenvalue weighted by Gasteiger charge is -2.09. The van der Waals surface area contributed by atoms with Gasteiger partial charge in [-0.1, -0.05) is 22.6 Å². The predicted molar refractivity (Wildman–Crippen MR) is 64.3 cm³/mol. The van der Waals surface area contributed by atoms with Gasteiger partial charge in [0.05, 0.1) is 14.2 Å². The molecule has 0 saturated carbocycles. The Morgan fingerprint density at radius 2 is 1.71 bits per heavy atom. The molecule has 0 fully saturated rings. The van der Waals surface area contributed by atoms with Crippen LogP contribution in [0.4, 0.5) is 0 Å². The number of phenolic OH excluding ortho intramolecular Hbond substituents is 1. The molecule has 14 heavy (non-hydrogen) atoms. The van der Waals surface area contributed by atoms with E-state index in [0.717, 1.165) is 5.56 Å². The van der Waals surface area contributed by atoms with Crippen molar-refractivity contribution < 1.29 is 14.6 Å². The molecular weight excluding hydrogens is 295 g/mol. The summed E-state index contributed by atoms with van der Waals surface area (Å²) < 4.78 is 11.9. The zero-order valence-electron chi connectivity index (χ0n) is 7.95. The highest BCUT2D eigenvalue weighted by molar-refractivity contribution is 14.1. The van der Waals surface area contributed by atoms with Crippen LogP contribution < -0.4 is 9.47 Å². The third kappa shape index (κ3) is 2.31. The van der Waals surface area contributed by atoms with Gasteiger partial charge >= 0.3 is 0 Å². The SMILES string of the molecule is COc1cc(/C=C/I)cc(OC)c1O. The van der Waals surface area contributed by atoms with Gasteiger partial charge in [-0.05, 0) is 27.9 Å². The summed E-state index contributed by atoms with van der Waals surface area (Å²) >= 11 is 2.12. The van der Waals surface area contributed by atoms with Crippen LogP contribution in [-0.4, -0.2) is 19.3 Å². The van der Waals surface area contributed by atoms with Crippen LogP contribution in [-0.2, 0) is 0 Å². The largest absolute Gasteiger partial charge is 0.502 e. The Morgan fingerprint density at radius 1 is 1.21 bits per heavy atom. The summed E-state index contributed by atoms with van der Waals surface area (Å²) in [7, 11) is 3.01. The zero-order valence-corrected chi connectivity index (χ0v) is 10.1. The molecule has 76 valence electrons. The van der Waals surface area contributed by atoms with E-state index < -0.39 is 0 Å². The number of rotatable bonds is 3. The summed E-state index contributed by atoms with van der Waals surface area (Å²) in [6, 6.07) is 3.49. The molecule has 1 N–H and O–H groups in total. The van der Waals surface area contributed by atoms with E-state index in [-0.39, 0.29) is 5.75 Å². The van der Waals surface area contributed by atoms with Gasteiger partial charge in [0.1, 0.15) is 0 Å². The van der Waals surface area contributed by atoms with E-state index in [4.69, 9.17) is 9.47 Å². The number of hydrogen-bond acceptors (Lipinski definition) is 3. The molecule has 4 heteroatoms. The Balaban J connectivity index is 3.24. The fourth-order valence-electron chi connectivity index (χ4n) is 1.08. The van der Waals surface area contributed by atoms with E-state index in [0.29, 0.717) is 11.5 Å². The number of hydrogen-bond donors (Lipinski definition) is 1. The second kappa shape index (κ2) is 5.09. The lowest BCUT2D eigenvalue weighted by Crippen LogP contribution is -1.89. The van der Waals surface area contributed by atoms with Crippen molar-refractivity contribution in [2.24, 2.45) is 0 Å². The normalized spacial score (nSPS) is 10.5. The fourth-order valence-corrected chi connectivity index (χ4v) is 1.50. The molecule has 0 saturated heterocycles. The molecule has 3 nitrogen and oxygen atoms in total. The third-order valence-corrected chi connectivity index (χ3v) is 2.12. The highest BCUT2D eigenvalue weighted by Crippen LogP contribution is 2.37. The number of methoxy groups -OCH3 is 2. The number of aromatic hydroxyl groups is 1.